The Kier molecular flexibility index (Phi) is 5.22. The molecule has 0 bridgehead atoms. The summed E-state index contributed by atoms with van der Waals surface area (Å²) >= 11 is 3.37. The minimum atomic E-state index is 0.436. The number of ether oxygens (including phenoxy) is 1. The van der Waals surface area contributed by atoms with Crippen molar-refractivity contribution in [3.8, 4) is 5.75 Å². The number of allylic oxidation sites excluding steroid dienone is 1. The van der Waals surface area contributed by atoms with E-state index in [9.17, 15) is 0 Å². The van der Waals surface area contributed by atoms with E-state index in [0.717, 1.165) is 32.4 Å². The minimum absolute atomic E-state index is 0.436. The van der Waals surface area contributed by atoms with E-state index in [1.165, 1.54) is 6.21 Å². The molecule has 3 rings (SSSR count). The third-order valence-corrected chi connectivity index (χ3v) is 4.30. The van der Waals surface area contributed by atoms with E-state index in [-0.39, 0.29) is 0 Å². The van der Waals surface area contributed by atoms with Gasteiger partial charge in [-0.05, 0) is 37.4 Å². The first kappa shape index (κ1) is 17.9. The van der Waals surface area contributed by atoms with E-state index in [2.05, 4.69) is 31.0 Å². The second-order valence-electron chi connectivity index (χ2n) is 5.67. The average Bonchev–Trinajstić information content (AvgIpc) is 3.22. The van der Waals surface area contributed by atoms with Crippen molar-refractivity contribution < 1.29 is 4.74 Å². The van der Waals surface area contributed by atoms with E-state index in [0.29, 0.717) is 18.1 Å². The Bertz CT molecular complexity index is 1010. The normalized spacial score (nSPS) is 12.6. The number of hydrogen-bond acceptors (Lipinski definition) is 5. The van der Waals surface area contributed by atoms with Crippen molar-refractivity contribution in [3.05, 3.63) is 46.2 Å². The number of H-pyrrole nitrogens is 1. The zero-order valence-corrected chi connectivity index (χ0v) is 16.0. The lowest BCUT2D eigenvalue weighted by Gasteiger charge is -2.06. The Hall–Kier alpha value is -2.87. The van der Waals surface area contributed by atoms with Crippen molar-refractivity contribution in [2.24, 2.45) is 10.7 Å². The maximum atomic E-state index is 7.36. The van der Waals surface area contributed by atoms with Gasteiger partial charge in [0, 0.05) is 27.4 Å². The van der Waals surface area contributed by atoms with Crippen molar-refractivity contribution in [1.29, 1.82) is 5.41 Å². The molecule has 4 N–H and O–H groups in total. The molecule has 2 aromatic heterocycles. The molecule has 2 heterocycles. The highest BCUT2D eigenvalue weighted by Crippen LogP contribution is 2.25. The van der Waals surface area contributed by atoms with Gasteiger partial charge in [-0.2, -0.15) is 9.78 Å². The fourth-order valence-electron chi connectivity index (χ4n) is 2.55. The predicted octanol–water partition coefficient (Wildman–Crippen LogP) is 3.82. The van der Waals surface area contributed by atoms with Gasteiger partial charge in [0.05, 0.1) is 25.2 Å². The molecule has 26 heavy (non-hydrogen) atoms. The van der Waals surface area contributed by atoms with Gasteiger partial charge in [0.2, 0.25) is 0 Å². The molecule has 3 aromatic rings. The highest BCUT2D eigenvalue weighted by molar-refractivity contribution is 9.11. The van der Waals surface area contributed by atoms with Crippen molar-refractivity contribution in [3.63, 3.8) is 0 Å². The van der Waals surface area contributed by atoms with Crippen LogP contribution in [0.5, 0.6) is 5.75 Å². The van der Waals surface area contributed by atoms with Crippen LogP contribution in [0.1, 0.15) is 18.2 Å². The van der Waals surface area contributed by atoms with Crippen LogP contribution in [0.3, 0.4) is 0 Å². The van der Waals surface area contributed by atoms with Crippen molar-refractivity contribution in [1.82, 2.24) is 14.8 Å². The number of nitrogens with two attached hydrogens (primary N) is 1. The fourth-order valence-corrected chi connectivity index (χ4v) is 2.72. The quantitative estimate of drug-likeness (QED) is 0.533. The highest BCUT2D eigenvalue weighted by Gasteiger charge is 2.12. The molecule has 8 heteroatoms. The molecule has 134 valence electrons. The Balaban J connectivity index is 2.00. The number of methoxy groups -OCH3 is 1. The van der Waals surface area contributed by atoms with Crippen molar-refractivity contribution >= 4 is 50.9 Å². The summed E-state index contributed by atoms with van der Waals surface area (Å²) in [5.41, 5.74) is 8.76. The van der Waals surface area contributed by atoms with Gasteiger partial charge < -0.3 is 20.9 Å². The minimum Gasteiger partial charge on any atom is -0.497 e. The van der Waals surface area contributed by atoms with E-state index < -0.39 is 0 Å². The second kappa shape index (κ2) is 7.57. The molecule has 0 saturated heterocycles. The SMILES string of the molecule is COc1ccc2[nH]c(/C=N/c3c(CC=N)cnn3/C(N)=C(\C)Br)cc2c1. The van der Waals surface area contributed by atoms with Crippen LogP contribution in [0.25, 0.3) is 16.7 Å². The lowest BCUT2D eigenvalue weighted by atomic mass is 10.2. The van der Waals surface area contributed by atoms with Crippen LogP contribution < -0.4 is 10.5 Å². The van der Waals surface area contributed by atoms with Crippen LogP contribution in [0.4, 0.5) is 5.82 Å². The van der Waals surface area contributed by atoms with Crippen LogP contribution >= 0.6 is 15.9 Å². The molecule has 0 spiro atoms. The van der Waals surface area contributed by atoms with Gasteiger partial charge in [0.1, 0.15) is 11.6 Å². The molecule has 7 nitrogen and oxygen atoms in total. The van der Waals surface area contributed by atoms with Gasteiger partial charge >= 0.3 is 0 Å². The van der Waals surface area contributed by atoms with Crippen LogP contribution in [0.2, 0.25) is 0 Å². The molecule has 0 aliphatic carbocycles. The van der Waals surface area contributed by atoms with Gasteiger partial charge in [0.15, 0.2) is 5.82 Å². The number of aliphatic imine (C=N–C) groups is 1. The zero-order chi connectivity index (χ0) is 18.7. The summed E-state index contributed by atoms with van der Waals surface area (Å²) in [6.07, 6.45) is 5.16. The molecule has 0 saturated carbocycles. The average molecular weight is 415 g/mol. The molecule has 0 amide bonds. The number of benzene rings is 1. The van der Waals surface area contributed by atoms with Gasteiger partial charge in [-0.25, -0.2) is 4.99 Å². The summed E-state index contributed by atoms with van der Waals surface area (Å²) in [5, 5.41) is 12.7. The lowest BCUT2D eigenvalue weighted by Crippen LogP contribution is -2.08. The maximum absolute atomic E-state index is 7.36. The number of nitrogens with zero attached hydrogens (tertiary/aromatic N) is 3. The van der Waals surface area contributed by atoms with E-state index in [4.69, 9.17) is 15.9 Å². The molecule has 0 aliphatic heterocycles. The summed E-state index contributed by atoms with van der Waals surface area (Å²) in [6, 6.07) is 7.82. The molecular formula is C18H19BrN6O. The van der Waals surface area contributed by atoms with E-state index in [1.54, 1.807) is 24.2 Å². The molecule has 1 aromatic carbocycles. The summed E-state index contributed by atoms with van der Waals surface area (Å²) in [5.74, 6) is 1.85. The lowest BCUT2D eigenvalue weighted by molar-refractivity contribution is 0.415. The zero-order valence-electron chi connectivity index (χ0n) is 14.5. The summed E-state index contributed by atoms with van der Waals surface area (Å²) in [6.45, 7) is 1.84. The number of fused-ring (bicyclic) bond motifs is 1. The predicted molar refractivity (Wildman–Crippen MR) is 109 cm³/mol. The monoisotopic (exact) mass is 414 g/mol. The number of rotatable bonds is 6. The van der Waals surface area contributed by atoms with E-state index in [1.807, 2.05) is 31.2 Å². The fraction of sp³-hybridized carbons (Fsp3) is 0.167. The molecule has 0 radical (unpaired) electrons. The molecular weight excluding hydrogens is 396 g/mol. The summed E-state index contributed by atoms with van der Waals surface area (Å²) in [4.78, 5) is 7.87. The Labute approximate surface area is 159 Å². The first-order valence-electron chi connectivity index (χ1n) is 7.92. The molecule has 0 aliphatic rings. The number of nitrogens with one attached hydrogen (secondary N) is 2. The van der Waals surface area contributed by atoms with Crippen LogP contribution in [-0.4, -0.2) is 34.3 Å². The van der Waals surface area contributed by atoms with Crippen molar-refractivity contribution in [2.75, 3.05) is 7.11 Å². The van der Waals surface area contributed by atoms with Crippen molar-refractivity contribution in [2.45, 2.75) is 13.3 Å². The first-order valence-corrected chi connectivity index (χ1v) is 8.71. The highest BCUT2D eigenvalue weighted by atomic mass is 79.9. The Morgan fingerprint density at radius 1 is 1.46 bits per heavy atom. The standard InChI is InChI=1S/C18H19BrN6O/c1-11(19)17(21)25-18(12(5-6-20)9-23-25)22-10-14-7-13-8-15(26-2)3-4-16(13)24-14/h3-4,6-10,20,24H,5,21H2,1-2H3/b17-11+,20-6?,22-10+. The molecule has 0 unspecified atom stereocenters. The topological polar surface area (TPSA) is 105 Å². The van der Waals surface area contributed by atoms with Gasteiger partial charge in [-0.3, -0.25) is 0 Å². The Morgan fingerprint density at radius 3 is 2.96 bits per heavy atom. The second-order valence-corrected chi connectivity index (χ2v) is 6.86. The number of hydrogen-bond donors (Lipinski definition) is 3. The largest absolute Gasteiger partial charge is 0.497 e. The van der Waals surface area contributed by atoms with Gasteiger partial charge in [0.25, 0.3) is 0 Å². The van der Waals surface area contributed by atoms with Crippen LogP contribution in [0, 0.1) is 5.41 Å². The van der Waals surface area contributed by atoms with Gasteiger partial charge in [-0.15, -0.1) is 0 Å². The Morgan fingerprint density at radius 2 is 2.27 bits per heavy atom. The summed E-state index contributed by atoms with van der Waals surface area (Å²) in [7, 11) is 1.64. The third-order valence-electron chi connectivity index (χ3n) is 3.89. The number of aromatic nitrogens is 3. The van der Waals surface area contributed by atoms with Crippen LogP contribution in [0.15, 0.2) is 39.9 Å². The van der Waals surface area contributed by atoms with Gasteiger partial charge in [-0.1, -0.05) is 15.9 Å². The third kappa shape index (κ3) is 3.55. The van der Waals surface area contributed by atoms with E-state index >= 15 is 0 Å². The maximum Gasteiger partial charge on any atom is 0.160 e. The molecule has 0 atom stereocenters. The smallest absolute Gasteiger partial charge is 0.160 e. The number of aromatic amines is 1. The molecule has 0 fully saturated rings. The first-order chi connectivity index (χ1) is 12.5. The van der Waals surface area contributed by atoms with Crippen LogP contribution in [-0.2, 0) is 6.42 Å². The summed E-state index contributed by atoms with van der Waals surface area (Å²) < 4.78 is 7.57. The number of halogens is 1.